The maximum Gasteiger partial charge on any atom is 0.243 e. The Bertz CT molecular complexity index is 575. The fourth-order valence-electron chi connectivity index (χ4n) is 2.89. The van der Waals surface area contributed by atoms with E-state index in [1.54, 1.807) is 18.2 Å². The van der Waals surface area contributed by atoms with Crippen LogP contribution in [0.4, 0.5) is 5.69 Å². The lowest BCUT2D eigenvalue weighted by molar-refractivity contribution is -0.124. The minimum atomic E-state index is -0.311. The predicted molar refractivity (Wildman–Crippen MR) is 98.4 cm³/mol. The molecule has 0 unspecified atom stereocenters. The molecule has 0 radical (unpaired) electrons. The Morgan fingerprint density at radius 1 is 1.12 bits per heavy atom. The summed E-state index contributed by atoms with van der Waals surface area (Å²) in [6, 6.07) is 5.16. The molecule has 0 heterocycles. The number of nitrogens with two attached hydrogens (primary N) is 1. The van der Waals surface area contributed by atoms with Gasteiger partial charge in [0, 0.05) is 36.3 Å². The molecule has 1 fully saturated rings. The predicted octanol–water partition coefficient (Wildman–Crippen LogP) is 1.70. The number of methoxy groups -OCH3 is 2. The van der Waals surface area contributed by atoms with Crippen LogP contribution < -0.4 is 25.8 Å². The maximum atomic E-state index is 12.0. The summed E-state index contributed by atoms with van der Waals surface area (Å²) in [4.78, 5) is 23.9. The average molecular weight is 372 g/mol. The summed E-state index contributed by atoms with van der Waals surface area (Å²) in [6.45, 7) is -0.0830. The number of nitrogens with one attached hydrogen (secondary N) is 2. The van der Waals surface area contributed by atoms with Crippen molar-refractivity contribution in [1.82, 2.24) is 5.32 Å². The van der Waals surface area contributed by atoms with Gasteiger partial charge in [-0.1, -0.05) is 6.42 Å². The van der Waals surface area contributed by atoms with Gasteiger partial charge in [0.15, 0.2) is 0 Å². The zero-order valence-corrected chi connectivity index (χ0v) is 15.4. The van der Waals surface area contributed by atoms with Crippen LogP contribution in [0.2, 0.25) is 0 Å². The van der Waals surface area contributed by atoms with Crippen molar-refractivity contribution in [3.8, 4) is 11.5 Å². The second-order valence-corrected chi connectivity index (χ2v) is 5.99. The summed E-state index contributed by atoms with van der Waals surface area (Å²) in [6.07, 6.45) is 3.39. The molecule has 1 aromatic rings. The summed E-state index contributed by atoms with van der Waals surface area (Å²) >= 11 is 0. The minimum Gasteiger partial charge on any atom is -0.497 e. The minimum absolute atomic E-state index is 0. The average Bonchev–Trinajstić information content (AvgIpc) is 2.97. The first kappa shape index (κ1) is 21.1. The van der Waals surface area contributed by atoms with E-state index in [1.165, 1.54) is 14.2 Å². The van der Waals surface area contributed by atoms with Gasteiger partial charge in [0.2, 0.25) is 11.8 Å². The third-order valence-corrected chi connectivity index (χ3v) is 4.25. The number of carbonyl (C=O) groups is 2. The van der Waals surface area contributed by atoms with Crippen LogP contribution in [0.25, 0.3) is 0 Å². The van der Waals surface area contributed by atoms with Gasteiger partial charge in [-0.25, -0.2) is 0 Å². The Morgan fingerprint density at radius 2 is 1.76 bits per heavy atom. The van der Waals surface area contributed by atoms with Gasteiger partial charge in [-0.2, -0.15) is 0 Å². The van der Waals surface area contributed by atoms with E-state index in [4.69, 9.17) is 15.2 Å². The number of carbonyl (C=O) groups excluding carboxylic acids is 2. The van der Waals surface area contributed by atoms with Crippen molar-refractivity contribution < 1.29 is 19.1 Å². The summed E-state index contributed by atoms with van der Waals surface area (Å²) in [5, 5.41) is 5.35. The molecule has 2 rings (SSSR count). The second-order valence-electron chi connectivity index (χ2n) is 5.99. The highest BCUT2D eigenvalue weighted by atomic mass is 35.5. The third-order valence-electron chi connectivity index (χ3n) is 4.25. The van der Waals surface area contributed by atoms with Crippen LogP contribution in [0.15, 0.2) is 18.2 Å². The molecule has 0 spiro atoms. The molecule has 1 aliphatic carbocycles. The Balaban J connectivity index is 0.00000312. The van der Waals surface area contributed by atoms with Crippen molar-refractivity contribution in [2.75, 3.05) is 26.1 Å². The largest absolute Gasteiger partial charge is 0.497 e. The van der Waals surface area contributed by atoms with Crippen LogP contribution in [-0.4, -0.2) is 38.6 Å². The van der Waals surface area contributed by atoms with E-state index in [9.17, 15) is 9.59 Å². The standard InChI is InChI=1S/C17H25N3O4.ClH/c1-23-13-7-12(8-14(9-13)24-2)20-17(22)10-19-16(21)6-11-4-3-5-15(11)18;/h7-9,11,15H,3-6,10,18H2,1-2H3,(H,19,21)(H,20,22);1H/t11-,15+;/m0./s1. The monoisotopic (exact) mass is 371 g/mol. The summed E-state index contributed by atoms with van der Waals surface area (Å²) in [5.41, 5.74) is 6.50. The molecule has 0 aliphatic heterocycles. The van der Waals surface area contributed by atoms with Gasteiger partial charge < -0.3 is 25.8 Å². The van der Waals surface area contributed by atoms with Gasteiger partial charge in [-0.15, -0.1) is 12.4 Å². The summed E-state index contributed by atoms with van der Waals surface area (Å²) in [5.74, 6) is 0.911. The number of hydrogen-bond donors (Lipinski definition) is 3. The fraction of sp³-hybridized carbons (Fsp3) is 0.529. The van der Waals surface area contributed by atoms with Gasteiger partial charge in [-0.05, 0) is 18.8 Å². The van der Waals surface area contributed by atoms with E-state index >= 15 is 0 Å². The van der Waals surface area contributed by atoms with Gasteiger partial charge in [0.05, 0.1) is 20.8 Å². The second kappa shape index (κ2) is 10.1. The lowest BCUT2D eigenvalue weighted by Crippen LogP contribution is -2.36. The number of hydrogen-bond acceptors (Lipinski definition) is 5. The number of ether oxygens (including phenoxy) is 2. The zero-order valence-electron chi connectivity index (χ0n) is 14.5. The van der Waals surface area contributed by atoms with E-state index < -0.39 is 0 Å². The molecule has 2 atom stereocenters. The zero-order chi connectivity index (χ0) is 17.5. The Kier molecular flexibility index (Phi) is 8.51. The molecule has 0 aromatic heterocycles. The molecule has 2 amide bonds. The SMILES string of the molecule is COc1cc(NC(=O)CNC(=O)C[C@@H]2CCC[C@H]2N)cc(OC)c1.Cl. The van der Waals surface area contributed by atoms with Crippen molar-refractivity contribution in [2.45, 2.75) is 31.7 Å². The van der Waals surface area contributed by atoms with Gasteiger partial charge in [0.25, 0.3) is 0 Å². The summed E-state index contributed by atoms with van der Waals surface area (Å²) < 4.78 is 10.3. The number of anilines is 1. The van der Waals surface area contributed by atoms with Crippen molar-refractivity contribution in [2.24, 2.45) is 11.7 Å². The van der Waals surface area contributed by atoms with Crippen molar-refractivity contribution in [1.29, 1.82) is 0 Å². The lowest BCUT2D eigenvalue weighted by atomic mass is 10.00. The maximum absolute atomic E-state index is 12.0. The quantitative estimate of drug-likeness (QED) is 0.677. The first-order chi connectivity index (χ1) is 11.5. The fourth-order valence-corrected chi connectivity index (χ4v) is 2.89. The van der Waals surface area contributed by atoms with Crippen LogP contribution in [-0.2, 0) is 9.59 Å². The highest BCUT2D eigenvalue weighted by molar-refractivity contribution is 5.94. The van der Waals surface area contributed by atoms with Gasteiger partial charge >= 0.3 is 0 Å². The normalized spacial score (nSPS) is 18.8. The molecular formula is C17H26ClN3O4. The molecule has 25 heavy (non-hydrogen) atoms. The number of halogens is 1. The van der Waals surface area contributed by atoms with E-state index in [-0.39, 0.29) is 42.7 Å². The van der Waals surface area contributed by atoms with Gasteiger partial charge in [0.1, 0.15) is 11.5 Å². The van der Waals surface area contributed by atoms with Crippen molar-refractivity contribution in [3.63, 3.8) is 0 Å². The lowest BCUT2D eigenvalue weighted by Gasteiger charge is -2.15. The number of benzene rings is 1. The topological polar surface area (TPSA) is 103 Å². The van der Waals surface area contributed by atoms with Crippen LogP contribution in [0.5, 0.6) is 11.5 Å². The molecule has 7 nitrogen and oxygen atoms in total. The van der Waals surface area contributed by atoms with Crippen LogP contribution in [0.3, 0.4) is 0 Å². The Labute approximate surface area is 154 Å². The molecule has 140 valence electrons. The van der Waals surface area contributed by atoms with E-state index in [1.807, 2.05) is 0 Å². The first-order valence-corrected chi connectivity index (χ1v) is 8.07. The Morgan fingerprint density at radius 3 is 2.28 bits per heavy atom. The highest BCUT2D eigenvalue weighted by Crippen LogP contribution is 2.27. The van der Waals surface area contributed by atoms with E-state index in [2.05, 4.69) is 10.6 Å². The molecular weight excluding hydrogens is 346 g/mol. The van der Waals surface area contributed by atoms with E-state index in [0.29, 0.717) is 23.6 Å². The first-order valence-electron chi connectivity index (χ1n) is 8.07. The number of amides is 2. The smallest absolute Gasteiger partial charge is 0.243 e. The number of rotatable bonds is 7. The molecule has 8 heteroatoms. The van der Waals surface area contributed by atoms with Gasteiger partial charge in [-0.3, -0.25) is 9.59 Å². The molecule has 0 saturated heterocycles. The molecule has 1 saturated carbocycles. The van der Waals surface area contributed by atoms with Crippen LogP contribution in [0, 0.1) is 5.92 Å². The Hall–Kier alpha value is -1.99. The molecule has 1 aliphatic rings. The highest BCUT2D eigenvalue weighted by Gasteiger charge is 2.26. The molecule has 1 aromatic carbocycles. The van der Waals surface area contributed by atoms with Crippen molar-refractivity contribution >= 4 is 29.9 Å². The van der Waals surface area contributed by atoms with E-state index in [0.717, 1.165) is 19.3 Å². The summed E-state index contributed by atoms with van der Waals surface area (Å²) in [7, 11) is 3.07. The third kappa shape index (κ3) is 6.43. The molecule has 0 bridgehead atoms. The molecule has 4 N–H and O–H groups in total. The van der Waals surface area contributed by atoms with Crippen molar-refractivity contribution in [3.05, 3.63) is 18.2 Å². The van der Waals surface area contributed by atoms with Crippen LogP contribution in [0.1, 0.15) is 25.7 Å². The van der Waals surface area contributed by atoms with Crippen LogP contribution >= 0.6 is 12.4 Å².